The summed E-state index contributed by atoms with van der Waals surface area (Å²) in [5, 5.41) is 0. The first-order chi connectivity index (χ1) is 6.16. The third kappa shape index (κ3) is 266. The summed E-state index contributed by atoms with van der Waals surface area (Å²) in [6.45, 7) is 16.4. The summed E-state index contributed by atoms with van der Waals surface area (Å²) in [4.78, 5) is 0. The molecule has 0 saturated carbocycles. The summed E-state index contributed by atoms with van der Waals surface area (Å²) in [5.41, 5.74) is 0. The molecule has 0 aliphatic heterocycles. The second-order valence-electron chi connectivity index (χ2n) is 2.73. The van der Waals surface area contributed by atoms with Crippen molar-refractivity contribution in [2.75, 3.05) is 0 Å². The zero-order valence-corrected chi connectivity index (χ0v) is 17.2. The number of hydrogen-bond acceptors (Lipinski definition) is 0. The van der Waals surface area contributed by atoms with Gasteiger partial charge >= 0.3 is 0 Å². The van der Waals surface area contributed by atoms with Crippen molar-refractivity contribution < 1.29 is 80.8 Å². The van der Waals surface area contributed by atoms with Crippen molar-refractivity contribution in [3.63, 3.8) is 0 Å². The Morgan fingerprint density at radius 2 is 0.600 bits per heavy atom. The van der Waals surface area contributed by atoms with E-state index in [2.05, 4.69) is 13.8 Å². The van der Waals surface area contributed by atoms with E-state index >= 15 is 0 Å². The third-order valence-corrected chi connectivity index (χ3v) is 0.500. The quantitative estimate of drug-likeness (QED) is 0.428. The van der Waals surface area contributed by atoms with Crippen LogP contribution in [0.1, 0.15) is 68.2 Å². The molecule has 0 heterocycles. The van der Waals surface area contributed by atoms with Gasteiger partial charge in [0.05, 0.1) is 0 Å². The van der Waals surface area contributed by atoms with Crippen LogP contribution in [0.5, 0.6) is 0 Å². The Hall–Kier alpha value is 2.68. The van der Waals surface area contributed by atoms with E-state index in [1.54, 1.807) is 0 Å². The summed E-state index contributed by atoms with van der Waals surface area (Å²) in [6.07, 6.45) is 8.64. The molecule has 0 N–H and O–H groups in total. The molecule has 0 nitrogen and oxygen atoms in total. The molecule has 15 heavy (non-hydrogen) atoms. The number of rotatable bonds is 1. The molecule has 0 radical (unpaired) electrons. The van der Waals surface area contributed by atoms with Crippen molar-refractivity contribution in [3.05, 3.63) is 19.3 Å². The molecule has 0 bridgehead atoms. The van der Waals surface area contributed by atoms with Crippen LogP contribution in [0.4, 0.5) is 0 Å². The molecule has 0 amide bonds. The van der Waals surface area contributed by atoms with Gasteiger partial charge in [0.1, 0.15) is 0 Å². The van der Waals surface area contributed by atoms with Gasteiger partial charge in [-0.05, 0) is 0 Å². The van der Waals surface area contributed by atoms with E-state index in [4.69, 9.17) is 0 Å². The van der Waals surface area contributed by atoms with Gasteiger partial charge in [-0.15, -0.1) is 0 Å². The fourth-order valence-corrected chi connectivity index (χ4v) is 0. The topological polar surface area (TPSA) is 0 Å². The molecular formula is C13H31Sm2-3. The minimum Gasteiger partial charge on any atom is -0.335 e. The molecule has 0 fully saturated rings. The average Bonchev–Trinajstić information content (AvgIpc) is 2.08. The van der Waals surface area contributed by atoms with Gasteiger partial charge in [0.15, 0.2) is 0 Å². The molecule has 0 aliphatic carbocycles. The van der Waals surface area contributed by atoms with Crippen molar-refractivity contribution in [2.24, 2.45) is 0 Å². The molecule has 0 aromatic rings. The molecule has 98 valence electrons. The molecule has 0 aliphatic rings. The molecule has 0 unspecified atom stereocenters. The molecule has 0 spiro atoms. The first kappa shape index (κ1) is 36.1. The zero-order valence-electron chi connectivity index (χ0n) is 12.0. The van der Waals surface area contributed by atoms with Gasteiger partial charge in [-0.1, -0.05) is 26.7 Å². The average molecular weight is 488 g/mol. The van der Waals surface area contributed by atoms with Gasteiger partial charge < -0.3 is 19.3 Å². The van der Waals surface area contributed by atoms with Gasteiger partial charge in [-0.3, -0.25) is 0 Å². The predicted octanol–water partition coefficient (Wildman–Crippen LogP) is 5.50. The van der Waals surface area contributed by atoms with Gasteiger partial charge in [0.25, 0.3) is 0 Å². The molecule has 0 aromatic heterocycles. The predicted molar refractivity (Wildman–Crippen MR) is 67.5 cm³/mol. The van der Waals surface area contributed by atoms with Crippen molar-refractivity contribution in [2.45, 2.75) is 68.2 Å². The third-order valence-electron chi connectivity index (χ3n) is 0.500. The van der Waals surface area contributed by atoms with E-state index in [0.717, 1.165) is 0 Å². The van der Waals surface area contributed by atoms with Crippen LogP contribution in [0.15, 0.2) is 0 Å². The largest absolute Gasteiger partial charge is 0.335 e. The first-order valence-electron chi connectivity index (χ1n) is 5.38. The minimum atomic E-state index is 0. The van der Waals surface area contributed by atoms with Crippen LogP contribution in [-0.4, -0.2) is 0 Å². The molecule has 0 atom stereocenters. The summed E-state index contributed by atoms with van der Waals surface area (Å²) in [5.74, 6) is 0. The summed E-state index contributed by atoms with van der Waals surface area (Å²) >= 11 is 0. The first-order valence-corrected chi connectivity index (χ1v) is 5.38. The van der Waals surface area contributed by atoms with Gasteiger partial charge in [-0.25, -0.2) is 0 Å². The molecular weight excluding hydrogens is 457 g/mol. The Morgan fingerprint density at radius 1 is 0.533 bits per heavy atom. The van der Waals surface area contributed by atoms with Gasteiger partial charge in [0, 0.05) is 80.8 Å². The normalized spacial score (nSPS) is 5.60. The number of hydrogen-bond donors (Lipinski definition) is 0. The molecule has 0 rings (SSSR count). The fraction of sp³-hybridized carbons (Fsp3) is 0.769. The Bertz CT molecular complexity index is 25.0. The van der Waals surface area contributed by atoms with Crippen molar-refractivity contribution in [3.8, 4) is 0 Å². The van der Waals surface area contributed by atoms with E-state index in [1.165, 1.54) is 12.8 Å². The van der Waals surface area contributed by atoms with Crippen LogP contribution < -0.4 is 0 Å². The fourth-order valence-electron chi connectivity index (χ4n) is 0. The van der Waals surface area contributed by atoms with Crippen LogP contribution in [-0.2, 0) is 0 Å². The Labute approximate surface area is 165 Å². The van der Waals surface area contributed by atoms with Crippen LogP contribution in [0.2, 0.25) is 0 Å². The summed E-state index contributed by atoms with van der Waals surface area (Å²) in [6, 6.07) is 0. The van der Waals surface area contributed by atoms with Gasteiger partial charge in [-0.2, -0.15) is 41.5 Å². The Balaban J connectivity index is -0.0000000174. The number of unbranched alkanes of at least 4 members (excludes halogenated alkanes) is 1. The van der Waals surface area contributed by atoms with E-state index in [1.807, 2.05) is 60.8 Å². The van der Waals surface area contributed by atoms with Crippen LogP contribution >= 0.6 is 0 Å². The van der Waals surface area contributed by atoms with E-state index in [9.17, 15) is 0 Å². The smallest absolute Gasteiger partial charge is 0 e. The van der Waals surface area contributed by atoms with E-state index in [0.29, 0.717) is 0 Å². The summed E-state index contributed by atoms with van der Waals surface area (Å²) < 4.78 is 0. The van der Waals surface area contributed by atoms with Gasteiger partial charge in [0.2, 0.25) is 0 Å². The maximum Gasteiger partial charge on any atom is 0 e. The Morgan fingerprint density at radius 3 is 0.600 bits per heavy atom. The van der Waals surface area contributed by atoms with E-state index < -0.39 is 0 Å². The second kappa shape index (κ2) is 69.6. The SMILES string of the molecule is CCCC.C[CH-]C.C[CH-]C.C[CH-]C.[Sm].[Sm]. The molecule has 2 heteroatoms. The van der Waals surface area contributed by atoms with Crippen molar-refractivity contribution >= 4 is 0 Å². The zero-order chi connectivity index (χ0) is 11.5. The Kier molecular flexibility index (Phi) is 167. The second-order valence-corrected chi connectivity index (χ2v) is 2.73. The van der Waals surface area contributed by atoms with E-state index in [-0.39, 0.29) is 80.8 Å². The molecule has 0 saturated heterocycles. The standard InChI is InChI=1S/C4H10.3C3H7.2Sm/c1-3-4-2;3*1-3-2;;/h3-4H2,1-2H3;3*3H,1-2H3;;/q;3*-1;;. The maximum atomic E-state index is 2.18. The molecule has 0 aromatic carbocycles. The minimum absolute atomic E-state index is 0. The maximum absolute atomic E-state index is 2.18. The van der Waals surface area contributed by atoms with Crippen LogP contribution in [0.3, 0.4) is 0 Å². The van der Waals surface area contributed by atoms with Crippen LogP contribution in [0, 0.1) is 100 Å². The van der Waals surface area contributed by atoms with Crippen molar-refractivity contribution in [1.82, 2.24) is 0 Å². The van der Waals surface area contributed by atoms with Crippen LogP contribution in [0.25, 0.3) is 0 Å². The monoisotopic (exact) mass is 491 g/mol. The summed E-state index contributed by atoms with van der Waals surface area (Å²) in [7, 11) is 0. The van der Waals surface area contributed by atoms with Crippen molar-refractivity contribution in [1.29, 1.82) is 0 Å².